The highest BCUT2D eigenvalue weighted by molar-refractivity contribution is 9.10. The first-order valence-electron chi connectivity index (χ1n) is 4.91. The number of nitrogens with zero attached hydrogens (tertiary/aromatic N) is 1. The van der Waals surface area contributed by atoms with Gasteiger partial charge in [-0.15, -0.1) is 6.58 Å². The Bertz CT molecular complexity index is 493. The summed E-state index contributed by atoms with van der Waals surface area (Å²) in [7, 11) is 0. The Kier molecular flexibility index (Phi) is 5.30. The van der Waals surface area contributed by atoms with Crippen LogP contribution in [-0.2, 0) is 4.79 Å². The molecular weight excluding hydrogens is 323 g/mol. The quantitative estimate of drug-likeness (QED) is 0.640. The van der Waals surface area contributed by atoms with Crippen LogP contribution < -0.4 is 5.32 Å². The number of hydrogen-bond donors (Lipinski definition) is 2. The third-order valence-electron chi connectivity index (χ3n) is 2.06. The molecule has 0 spiro atoms. The van der Waals surface area contributed by atoms with Crippen LogP contribution in [-0.4, -0.2) is 28.0 Å². The van der Waals surface area contributed by atoms with Crippen LogP contribution in [0, 0.1) is 0 Å². The molecule has 1 amide bonds. The minimum atomic E-state index is -1.14. The van der Waals surface area contributed by atoms with Gasteiger partial charge in [0.15, 0.2) is 0 Å². The number of carbonyl (C=O) groups excluding carboxylic acids is 1. The predicted molar refractivity (Wildman–Crippen MR) is 70.7 cm³/mol. The number of pyridine rings is 1. The molecule has 0 aromatic carbocycles. The molecule has 0 aliphatic carbocycles. The van der Waals surface area contributed by atoms with Crippen molar-refractivity contribution in [3.05, 3.63) is 40.1 Å². The normalized spacial score (nSPS) is 11.7. The molecular formula is C11H10BrClN2O3. The van der Waals surface area contributed by atoms with Gasteiger partial charge in [0.05, 0.1) is 5.56 Å². The molecule has 2 N–H and O–H groups in total. The van der Waals surface area contributed by atoms with Crippen molar-refractivity contribution in [1.82, 2.24) is 10.3 Å². The van der Waals surface area contributed by atoms with E-state index < -0.39 is 17.9 Å². The van der Waals surface area contributed by atoms with Gasteiger partial charge in [0.2, 0.25) is 0 Å². The lowest BCUT2D eigenvalue weighted by molar-refractivity contribution is -0.139. The number of aliphatic carboxylic acids is 1. The van der Waals surface area contributed by atoms with E-state index in [2.05, 4.69) is 32.8 Å². The molecule has 1 atom stereocenters. The first-order valence-corrected chi connectivity index (χ1v) is 6.08. The van der Waals surface area contributed by atoms with Crippen molar-refractivity contribution in [2.45, 2.75) is 12.5 Å². The zero-order chi connectivity index (χ0) is 13.7. The van der Waals surface area contributed by atoms with Gasteiger partial charge < -0.3 is 10.4 Å². The third kappa shape index (κ3) is 3.82. The first-order chi connectivity index (χ1) is 8.45. The molecule has 0 saturated heterocycles. The topological polar surface area (TPSA) is 79.3 Å². The Hall–Kier alpha value is -1.40. The van der Waals surface area contributed by atoms with Crippen LogP contribution >= 0.6 is 27.5 Å². The maximum absolute atomic E-state index is 11.9. The lowest BCUT2D eigenvalue weighted by Crippen LogP contribution is -2.40. The molecule has 0 saturated carbocycles. The van der Waals surface area contributed by atoms with Gasteiger partial charge in [0.25, 0.3) is 5.91 Å². The summed E-state index contributed by atoms with van der Waals surface area (Å²) in [5.74, 6) is -1.73. The Morgan fingerprint density at radius 3 is 2.89 bits per heavy atom. The van der Waals surface area contributed by atoms with Crippen LogP contribution in [0.2, 0.25) is 5.15 Å². The highest BCUT2D eigenvalue weighted by Crippen LogP contribution is 2.18. The molecule has 1 aromatic heterocycles. The molecule has 0 aliphatic rings. The van der Waals surface area contributed by atoms with E-state index in [0.717, 1.165) is 0 Å². The van der Waals surface area contributed by atoms with E-state index in [1.165, 1.54) is 18.3 Å². The minimum absolute atomic E-state index is 0.0124. The van der Waals surface area contributed by atoms with E-state index in [1.807, 2.05) is 0 Å². The van der Waals surface area contributed by atoms with Crippen molar-refractivity contribution in [3.63, 3.8) is 0 Å². The van der Waals surface area contributed by atoms with Crippen molar-refractivity contribution in [2.75, 3.05) is 0 Å². The second-order valence-electron chi connectivity index (χ2n) is 3.38. The van der Waals surface area contributed by atoms with Crippen LogP contribution in [0.1, 0.15) is 16.8 Å². The lowest BCUT2D eigenvalue weighted by Gasteiger charge is -2.13. The van der Waals surface area contributed by atoms with Gasteiger partial charge in [0, 0.05) is 10.7 Å². The molecule has 0 fully saturated rings. The highest BCUT2D eigenvalue weighted by atomic mass is 79.9. The number of hydrogen-bond acceptors (Lipinski definition) is 3. The fourth-order valence-corrected chi connectivity index (χ4v) is 1.73. The first kappa shape index (κ1) is 14.7. The summed E-state index contributed by atoms with van der Waals surface area (Å²) < 4.78 is 0.577. The monoisotopic (exact) mass is 332 g/mol. The number of carboxylic acid groups (broad SMARTS) is 1. The fourth-order valence-electron chi connectivity index (χ4n) is 1.21. The highest BCUT2D eigenvalue weighted by Gasteiger charge is 2.21. The smallest absolute Gasteiger partial charge is 0.326 e. The van der Waals surface area contributed by atoms with Gasteiger partial charge in [-0.2, -0.15) is 0 Å². The number of nitrogens with one attached hydrogen (secondary N) is 1. The number of carboxylic acids is 1. The Balaban J connectivity index is 2.89. The third-order valence-corrected chi connectivity index (χ3v) is 2.79. The van der Waals surface area contributed by atoms with Gasteiger partial charge in [-0.1, -0.05) is 17.7 Å². The molecule has 1 rings (SSSR count). The number of rotatable bonds is 5. The van der Waals surface area contributed by atoms with E-state index in [1.54, 1.807) is 0 Å². The predicted octanol–water partition coefficient (Wildman–Crippen LogP) is 2.26. The SMILES string of the molecule is C=CCC(NC(=O)c1cc(Br)cnc1Cl)C(=O)O. The minimum Gasteiger partial charge on any atom is -0.480 e. The van der Waals surface area contributed by atoms with Crippen LogP contribution in [0.5, 0.6) is 0 Å². The van der Waals surface area contributed by atoms with Crippen LogP contribution in [0.25, 0.3) is 0 Å². The molecule has 0 radical (unpaired) electrons. The van der Waals surface area contributed by atoms with Crippen LogP contribution in [0.3, 0.4) is 0 Å². The average Bonchev–Trinajstić information content (AvgIpc) is 2.31. The van der Waals surface area contributed by atoms with Crippen molar-refractivity contribution < 1.29 is 14.7 Å². The van der Waals surface area contributed by atoms with Crippen molar-refractivity contribution >= 4 is 39.4 Å². The Morgan fingerprint density at radius 2 is 2.33 bits per heavy atom. The molecule has 1 heterocycles. The molecule has 1 aromatic rings. The van der Waals surface area contributed by atoms with Gasteiger partial charge >= 0.3 is 5.97 Å². The summed E-state index contributed by atoms with van der Waals surface area (Å²) >= 11 is 8.93. The number of aromatic nitrogens is 1. The summed E-state index contributed by atoms with van der Waals surface area (Å²) in [6, 6.07) is 0.433. The Morgan fingerprint density at radius 1 is 1.67 bits per heavy atom. The van der Waals surface area contributed by atoms with Crippen LogP contribution in [0.4, 0.5) is 0 Å². The largest absolute Gasteiger partial charge is 0.480 e. The summed E-state index contributed by atoms with van der Waals surface area (Å²) in [6.07, 6.45) is 2.98. The summed E-state index contributed by atoms with van der Waals surface area (Å²) in [5.41, 5.74) is 0.112. The molecule has 96 valence electrons. The number of halogens is 2. The van der Waals surface area contributed by atoms with E-state index >= 15 is 0 Å². The Labute approximate surface area is 117 Å². The second-order valence-corrected chi connectivity index (χ2v) is 4.65. The van der Waals surface area contributed by atoms with Crippen LogP contribution in [0.15, 0.2) is 29.4 Å². The molecule has 7 heteroatoms. The molecule has 18 heavy (non-hydrogen) atoms. The zero-order valence-electron chi connectivity index (χ0n) is 9.19. The standard InChI is InChI=1S/C11H10BrClN2O3/c1-2-3-8(11(17)18)15-10(16)7-4-6(12)5-14-9(7)13/h2,4-5,8H,1,3H2,(H,15,16)(H,17,18). The molecule has 1 unspecified atom stereocenters. The average molecular weight is 334 g/mol. The van der Waals surface area contributed by atoms with Gasteiger partial charge in [0.1, 0.15) is 11.2 Å². The number of carbonyl (C=O) groups is 2. The zero-order valence-corrected chi connectivity index (χ0v) is 11.5. The fraction of sp³-hybridized carbons (Fsp3) is 0.182. The van der Waals surface area contributed by atoms with Gasteiger partial charge in [-0.3, -0.25) is 4.79 Å². The van der Waals surface area contributed by atoms with Crippen molar-refractivity contribution in [2.24, 2.45) is 0 Å². The second kappa shape index (κ2) is 6.51. The van der Waals surface area contributed by atoms with Crippen molar-refractivity contribution in [1.29, 1.82) is 0 Å². The maximum Gasteiger partial charge on any atom is 0.326 e. The molecule has 0 bridgehead atoms. The van der Waals surface area contributed by atoms with E-state index in [-0.39, 0.29) is 17.1 Å². The number of amides is 1. The van der Waals surface area contributed by atoms with Gasteiger partial charge in [-0.05, 0) is 28.4 Å². The van der Waals surface area contributed by atoms with Crippen molar-refractivity contribution in [3.8, 4) is 0 Å². The lowest BCUT2D eigenvalue weighted by atomic mass is 10.2. The molecule has 5 nitrogen and oxygen atoms in total. The van der Waals surface area contributed by atoms with E-state index in [0.29, 0.717) is 4.47 Å². The summed E-state index contributed by atoms with van der Waals surface area (Å²) in [5, 5.41) is 11.3. The van der Waals surface area contributed by atoms with E-state index in [4.69, 9.17) is 16.7 Å². The summed E-state index contributed by atoms with van der Waals surface area (Å²) in [6.45, 7) is 3.43. The molecule has 0 aliphatic heterocycles. The maximum atomic E-state index is 11.9. The van der Waals surface area contributed by atoms with E-state index in [9.17, 15) is 9.59 Å². The van der Waals surface area contributed by atoms with Gasteiger partial charge in [-0.25, -0.2) is 9.78 Å². The summed E-state index contributed by atoms with van der Waals surface area (Å²) in [4.78, 5) is 26.5.